The number of carbonyl (C=O) groups excluding carboxylic acids is 1. The molecule has 3 aromatic rings. The van der Waals surface area contributed by atoms with Gasteiger partial charge in [0.05, 0.1) is 22.6 Å². The second-order valence-corrected chi connectivity index (χ2v) is 6.70. The van der Waals surface area contributed by atoms with Crippen LogP contribution in [0, 0.1) is 19.8 Å². The van der Waals surface area contributed by atoms with E-state index in [1.54, 1.807) is 29.0 Å². The molecular weight excluding hydrogens is 347 g/mol. The van der Waals surface area contributed by atoms with Crippen molar-refractivity contribution in [3.8, 4) is 11.3 Å². The molecule has 0 saturated heterocycles. The Hall–Kier alpha value is -3.29. The summed E-state index contributed by atoms with van der Waals surface area (Å²) in [7, 11) is 1.71. The van der Waals surface area contributed by atoms with Crippen LogP contribution in [0.25, 0.3) is 11.3 Å². The van der Waals surface area contributed by atoms with Gasteiger partial charge in [0.2, 0.25) is 5.95 Å². The number of fused-ring (bicyclic) bond motifs is 1. The first-order valence-electron chi connectivity index (χ1n) is 8.59. The van der Waals surface area contributed by atoms with Crippen molar-refractivity contribution < 1.29 is 9.18 Å². The average molecular weight is 366 g/mol. The Kier molecular flexibility index (Phi) is 3.91. The average Bonchev–Trinajstić information content (AvgIpc) is 3.07. The number of nitrogens with zero attached hydrogens (tertiary/aromatic N) is 5. The number of rotatable bonds is 2. The van der Waals surface area contributed by atoms with E-state index in [4.69, 9.17) is 0 Å². The molecule has 8 heteroatoms. The van der Waals surface area contributed by atoms with Gasteiger partial charge in [-0.15, -0.1) is 5.10 Å². The number of hydrogen-bond acceptors (Lipinski definition) is 5. The molecule has 1 atom stereocenters. The molecule has 27 heavy (non-hydrogen) atoms. The van der Waals surface area contributed by atoms with Crippen LogP contribution in [0.4, 0.5) is 15.8 Å². The highest BCUT2D eigenvalue weighted by Gasteiger charge is 2.36. The van der Waals surface area contributed by atoms with Crippen LogP contribution in [0.5, 0.6) is 0 Å². The van der Waals surface area contributed by atoms with E-state index in [2.05, 4.69) is 20.4 Å². The fourth-order valence-corrected chi connectivity index (χ4v) is 3.53. The number of nitrogens with one attached hydrogen (secondary N) is 1. The number of hydrogen-bond donors (Lipinski definition) is 1. The number of amides is 1. The van der Waals surface area contributed by atoms with E-state index in [-0.39, 0.29) is 12.1 Å². The molecule has 2 aromatic heterocycles. The van der Waals surface area contributed by atoms with E-state index < -0.39 is 5.95 Å². The second-order valence-electron chi connectivity index (χ2n) is 6.70. The third kappa shape index (κ3) is 2.56. The fraction of sp³-hybridized carbons (Fsp3) is 0.263. The van der Waals surface area contributed by atoms with Crippen LogP contribution in [0.15, 0.2) is 30.5 Å². The predicted octanol–water partition coefficient (Wildman–Crippen LogP) is 3.19. The Balaban J connectivity index is 2.00. The largest absolute Gasteiger partial charge is 0.321 e. The van der Waals surface area contributed by atoms with E-state index in [0.29, 0.717) is 22.6 Å². The Morgan fingerprint density at radius 3 is 2.67 bits per heavy atom. The van der Waals surface area contributed by atoms with Gasteiger partial charge in [-0.1, -0.05) is 5.21 Å². The molecule has 1 N–H and O–H groups in total. The van der Waals surface area contributed by atoms with Crippen molar-refractivity contribution >= 4 is 17.3 Å². The van der Waals surface area contributed by atoms with Crippen LogP contribution in [0.2, 0.25) is 0 Å². The van der Waals surface area contributed by atoms with Crippen molar-refractivity contribution in [3.63, 3.8) is 0 Å². The van der Waals surface area contributed by atoms with Gasteiger partial charge in [0.1, 0.15) is 11.9 Å². The molecule has 138 valence electrons. The summed E-state index contributed by atoms with van der Waals surface area (Å²) < 4.78 is 14.5. The molecule has 3 heterocycles. The quantitative estimate of drug-likeness (QED) is 0.705. The van der Waals surface area contributed by atoms with Crippen molar-refractivity contribution in [3.05, 3.63) is 53.2 Å². The number of halogens is 1. The van der Waals surface area contributed by atoms with E-state index in [0.717, 1.165) is 16.8 Å². The maximum absolute atomic E-state index is 14.5. The molecule has 1 aliphatic rings. The molecule has 0 bridgehead atoms. The third-order valence-electron chi connectivity index (χ3n) is 5.04. The first kappa shape index (κ1) is 17.1. The van der Waals surface area contributed by atoms with Gasteiger partial charge in [0.25, 0.3) is 5.91 Å². The number of aryl methyl sites for hydroxylation is 2. The molecule has 0 spiro atoms. The first-order valence-corrected chi connectivity index (χ1v) is 8.59. The zero-order chi connectivity index (χ0) is 19.3. The van der Waals surface area contributed by atoms with E-state index in [1.807, 2.05) is 32.9 Å². The smallest absolute Gasteiger partial charge is 0.257 e. The summed E-state index contributed by atoms with van der Waals surface area (Å²) >= 11 is 0. The molecule has 7 nitrogen and oxygen atoms in total. The van der Waals surface area contributed by atoms with Gasteiger partial charge in [-0.05, 0) is 50.6 Å². The Morgan fingerprint density at radius 2 is 2.00 bits per heavy atom. The number of H-pyrrole nitrogens is 1. The maximum atomic E-state index is 14.5. The highest BCUT2D eigenvalue weighted by molar-refractivity contribution is 6.05. The summed E-state index contributed by atoms with van der Waals surface area (Å²) in [5, 5.41) is 10.8. The second kappa shape index (κ2) is 6.15. The van der Waals surface area contributed by atoms with Crippen LogP contribution in [-0.2, 0) is 0 Å². The molecular formula is C19H19FN6O. The van der Waals surface area contributed by atoms with Gasteiger partial charge in [-0.2, -0.15) is 4.39 Å². The van der Waals surface area contributed by atoms with Crippen LogP contribution < -0.4 is 4.90 Å². The Morgan fingerprint density at radius 1 is 1.22 bits per heavy atom. The van der Waals surface area contributed by atoms with E-state index in [1.165, 1.54) is 6.20 Å². The first-order chi connectivity index (χ1) is 12.9. The lowest BCUT2D eigenvalue weighted by Gasteiger charge is -2.42. The highest BCUT2D eigenvalue weighted by Crippen LogP contribution is 2.41. The molecule has 1 aliphatic heterocycles. The van der Waals surface area contributed by atoms with Crippen LogP contribution in [-0.4, -0.2) is 44.4 Å². The van der Waals surface area contributed by atoms with Gasteiger partial charge < -0.3 is 9.80 Å². The van der Waals surface area contributed by atoms with Gasteiger partial charge in [-0.3, -0.25) is 9.89 Å². The normalized spacial score (nSPS) is 16.6. The van der Waals surface area contributed by atoms with Crippen molar-refractivity contribution in [1.29, 1.82) is 0 Å². The summed E-state index contributed by atoms with van der Waals surface area (Å²) in [5.41, 5.74) is 4.63. The summed E-state index contributed by atoms with van der Waals surface area (Å²) in [6, 6.07) is 7.11. The zero-order valence-electron chi connectivity index (χ0n) is 15.5. The summed E-state index contributed by atoms with van der Waals surface area (Å²) in [6.07, 6.45) is 1.03. The van der Waals surface area contributed by atoms with E-state index in [9.17, 15) is 9.18 Å². The van der Waals surface area contributed by atoms with Crippen molar-refractivity contribution in [2.45, 2.75) is 26.9 Å². The van der Waals surface area contributed by atoms with Gasteiger partial charge in [0, 0.05) is 18.8 Å². The van der Waals surface area contributed by atoms with Crippen molar-refractivity contribution in [2.24, 2.45) is 0 Å². The third-order valence-corrected chi connectivity index (χ3v) is 5.04. The molecule has 1 unspecified atom stereocenters. The minimum absolute atomic E-state index is 0.0982. The highest BCUT2D eigenvalue weighted by atomic mass is 19.1. The number of anilines is 2. The lowest BCUT2D eigenvalue weighted by Crippen LogP contribution is -2.50. The maximum Gasteiger partial charge on any atom is 0.257 e. The molecule has 1 amide bonds. The molecule has 0 saturated carbocycles. The fourth-order valence-electron chi connectivity index (χ4n) is 3.53. The predicted molar refractivity (Wildman–Crippen MR) is 99.2 cm³/mol. The molecule has 1 aromatic carbocycles. The standard InChI is InChI=1S/C19H19FN6O/c1-10-8-13(17-11(2)22-24-23-17)9-15-16(10)19(27)25(4)12(3)26(15)14-6-5-7-21-18(14)20/h5-9,12H,1-4H3,(H,22,23,24). The van der Waals surface area contributed by atoms with Crippen LogP contribution in [0.1, 0.15) is 28.5 Å². The lowest BCUT2D eigenvalue weighted by atomic mass is 9.95. The number of aromatic nitrogens is 4. The molecule has 4 rings (SSSR count). The molecule has 0 aliphatic carbocycles. The summed E-state index contributed by atoms with van der Waals surface area (Å²) in [5.74, 6) is -0.683. The van der Waals surface area contributed by atoms with Crippen LogP contribution in [0.3, 0.4) is 0 Å². The topological polar surface area (TPSA) is 78.0 Å². The Labute approximate surface area is 155 Å². The van der Waals surface area contributed by atoms with Gasteiger partial charge in [0.15, 0.2) is 0 Å². The van der Waals surface area contributed by atoms with Crippen molar-refractivity contribution in [1.82, 2.24) is 25.3 Å². The minimum Gasteiger partial charge on any atom is -0.321 e. The molecule has 0 radical (unpaired) electrons. The molecule has 0 fully saturated rings. The van der Waals surface area contributed by atoms with E-state index >= 15 is 0 Å². The van der Waals surface area contributed by atoms with Crippen LogP contribution >= 0.6 is 0 Å². The summed E-state index contributed by atoms with van der Waals surface area (Å²) in [6.45, 7) is 5.61. The monoisotopic (exact) mass is 366 g/mol. The summed E-state index contributed by atoms with van der Waals surface area (Å²) in [4.78, 5) is 20.1. The Bertz CT molecular complexity index is 1050. The zero-order valence-corrected chi connectivity index (χ0v) is 15.5. The van der Waals surface area contributed by atoms with Gasteiger partial charge in [-0.25, -0.2) is 4.98 Å². The lowest BCUT2D eigenvalue weighted by molar-refractivity contribution is 0.0730. The number of aromatic amines is 1. The number of pyridine rings is 1. The number of benzene rings is 1. The van der Waals surface area contributed by atoms with Gasteiger partial charge >= 0.3 is 0 Å². The minimum atomic E-state index is -0.585. The van der Waals surface area contributed by atoms with Crippen molar-refractivity contribution in [2.75, 3.05) is 11.9 Å². The number of carbonyl (C=O) groups is 1. The SMILES string of the molecule is Cc1cc(-c2nn[nH]c2C)cc2c1C(=O)N(C)C(C)N2c1cccnc1F.